The molecule has 140 valence electrons. The Hall–Kier alpha value is -2.25. The highest BCUT2D eigenvalue weighted by molar-refractivity contribution is 7.89. The van der Waals surface area contributed by atoms with Crippen LogP contribution < -0.4 is 10.0 Å². The number of carbonyl (C=O) groups is 1. The fourth-order valence-electron chi connectivity index (χ4n) is 2.28. The highest BCUT2D eigenvalue weighted by atomic mass is 32.2. The van der Waals surface area contributed by atoms with Gasteiger partial charge in [-0.05, 0) is 61.7 Å². The van der Waals surface area contributed by atoms with Gasteiger partial charge in [0, 0.05) is 18.2 Å². The van der Waals surface area contributed by atoms with Crippen LogP contribution in [0.3, 0.4) is 0 Å². The number of carbonyl (C=O) groups excluding carboxylic acids is 1. The summed E-state index contributed by atoms with van der Waals surface area (Å²) >= 11 is 0. The van der Waals surface area contributed by atoms with Gasteiger partial charge in [0.05, 0.1) is 4.90 Å². The molecule has 0 aliphatic rings. The van der Waals surface area contributed by atoms with Crippen molar-refractivity contribution in [1.82, 2.24) is 10.0 Å². The van der Waals surface area contributed by atoms with Crippen molar-refractivity contribution in [3.8, 4) is 0 Å². The molecular formula is C19H23FN2O3S. The van der Waals surface area contributed by atoms with Crippen LogP contribution in [-0.4, -0.2) is 26.9 Å². The highest BCUT2D eigenvalue weighted by Crippen LogP contribution is 2.12. The summed E-state index contributed by atoms with van der Waals surface area (Å²) in [6.07, 6.45) is 1.27. The van der Waals surface area contributed by atoms with E-state index in [0.717, 1.165) is 5.56 Å². The molecule has 0 bridgehead atoms. The quantitative estimate of drug-likeness (QED) is 0.742. The Bertz CT molecular complexity index is 834. The summed E-state index contributed by atoms with van der Waals surface area (Å²) in [5.74, 6) is -0.582. The van der Waals surface area contributed by atoms with E-state index in [1.165, 1.54) is 36.4 Å². The summed E-state index contributed by atoms with van der Waals surface area (Å²) in [7, 11) is -3.58. The van der Waals surface area contributed by atoms with Crippen LogP contribution in [0.1, 0.15) is 36.2 Å². The molecule has 7 heteroatoms. The predicted molar refractivity (Wildman–Crippen MR) is 99.0 cm³/mol. The third kappa shape index (κ3) is 5.64. The topological polar surface area (TPSA) is 75.3 Å². The normalized spacial score (nSPS) is 12.6. The molecule has 0 saturated heterocycles. The molecular weight excluding hydrogens is 355 g/mol. The summed E-state index contributed by atoms with van der Waals surface area (Å²) in [6, 6.07) is 11.7. The van der Waals surface area contributed by atoms with Crippen molar-refractivity contribution in [2.45, 2.75) is 37.6 Å². The highest BCUT2D eigenvalue weighted by Gasteiger charge is 2.17. The van der Waals surface area contributed by atoms with E-state index < -0.39 is 10.0 Å². The number of amides is 1. The van der Waals surface area contributed by atoms with Gasteiger partial charge in [-0.1, -0.05) is 19.1 Å². The summed E-state index contributed by atoms with van der Waals surface area (Å²) in [5.41, 5.74) is 1.30. The maximum Gasteiger partial charge on any atom is 0.251 e. The molecule has 0 fully saturated rings. The number of rotatable bonds is 8. The molecule has 0 aliphatic heterocycles. The summed E-state index contributed by atoms with van der Waals surface area (Å²) in [4.78, 5) is 12.3. The minimum absolute atomic E-state index is 0.126. The van der Waals surface area contributed by atoms with Gasteiger partial charge in [0.25, 0.3) is 5.91 Å². The Morgan fingerprint density at radius 3 is 2.27 bits per heavy atom. The zero-order chi connectivity index (χ0) is 19.2. The number of benzene rings is 2. The van der Waals surface area contributed by atoms with Gasteiger partial charge in [-0.25, -0.2) is 17.5 Å². The summed E-state index contributed by atoms with van der Waals surface area (Å²) < 4.78 is 39.8. The van der Waals surface area contributed by atoms with E-state index in [9.17, 15) is 17.6 Å². The molecule has 0 radical (unpaired) electrons. The third-order valence-electron chi connectivity index (χ3n) is 4.01. The first-order valence-electron chi connectivity index (χ1n) is 8.47. The Morgan fingerprint density at radius 1 is 1.08 bits per heavy atom. The fourth-order valence-corrected chi connectivity index (χ4v) is 3.60. The first kappa shape index (κ1) is 20.1. The van der Waals surface area contributed by atoms with E-state index in [1.54, 1.807) is 19.1 Å². The lowest BCUT2D eigenvalue weighted by molar-refractivity contribution is 0.0954. The summed E-state index contributed by atoms with van der Waals surface area (Å²) in [6.45, 7) is 4.09. The number of halogens is 1. The molecule has 2 aromatic rings. The molecule has 2 rings (SSSR count). The van der Waals surface area contributed by atoms with Gasteiger partial charge in [-0.2, -0.15) is 0 Å². The van der Waals surface area contributed by atoms with E-state index in [-0.39, 0.29) is 22.7 Å². The van der Waals surface area contributed by atoms with Gasteiger partial charge >= 0.3 is 0 Å². The molecule has 0 aromatic heterocycles. The Balaban J connectivity index is 1.92. The standard InChI is InChI=1S/C19H23FN2O3S/c1-3-14(2)22-26(24,25)18-10-6-16(7-11-18)19(23)21-13-12-15-4-8-17(20)9-5-15/h4-11,14,22H,3,12-13H2,1-2H3,(H,21,23). The van der Waals surface area contributed by atoms with Crippen molar-refractivity contribution < 1.29 is 17.6 Å². The van der Waals surface area contributed by atoms with Gasteiger partial charge in [-0.3, -0.25) is 4.79 Å². The van der Waals surface area contributed by atoms with Crippen molar-refractivity contribution in [1.29, 1.82) is 0 Å². The molecule has 2 N–H and O–H groups in total. The molecule has 0 spiro atoms. The van der Waals surface area contributed by atoms with Crippen LogP contribution in [-0.2, 0) is 16.4 Å². The zero-order valence-corrected chi connectivity index (χ0v) is 15.6. The van der Waals surface area contributed by atoms with E-state index >= 15 is 0 Å². The first-order valence-corrected chi connectivity index (χ1v) is 9.95. The number of sulfonamides is 1. The van der Waals surface area contributed by atoms with Gasteiger partial charge in [0.15, 0.2) is 0 Å². The van der Waals surface area contributed by atoms with Crippen LogP contribution in [0.25, 0.3) is 0 Å². The molecule has 0 saturated carbocycles. The maximum absolute atomic E-state index is 12.8. The van der Waals surface area contributed by atoms with Crippen molar-refractivity contribution >= 4 is 15.9 Å². The Labute approximate surface area is 153 Å². The van der Waals surface area contributed by atoms with Crippen LogP contribution in [0.4, 0.5) is 4.39 Å². The van der Waals surface area contributed by atoms with Crippen molar-refractivity contribution in [2.75, 3.05) is 6.54 Å². The lowest BCUT2D eigenvalue weighted by Crippen LogP contribution is -2.32. The van der Waals surface area contributed by atoms with E-state index in [4.69, 9.17) is 0 Å². The van der Waals surface area contributed by atoms with Crippen molar-refractivity contribution in [3.05, 3.63) is 65.5 Å². The molecule has 2 aromatic carbocycles. The molecule has 0 aliphatic carbocycles. The zero-order valence-electron chi connectivity index (χ0n) is 14.8. The lowest BCUT2D eigenvalue weighted by Gasteiger charge is -2.12. The van der Waals surface area contributed by atoms with Crippen molar-refractivity contribution in [3.63, 3.8) is 0 Å². The largest absolute Gasteiger partial charge is 0.352 e. The minimum atomic E-state index is -3.58. The third-order valence-corrected chi connectivity index (χ3v) is 5.61. The lowest BCUT2D eigenvalue weighted by atomic mass is 10.1. The minimum Gasteiger partial charge on any atom is -0.352 e. The van der Waals surface area contributed by atoms with Gasteiger partial charge in [0.2, 0.25) is 10.0 Å². The number of hydrogen-bond donors (Lipinski definition) is 2. The Kier molecular flexibility index (Phi) is 6.88. The second kappa shape index (κ2) is 8.91. The van der Waals surface area contributed by atoms with Crippen LogP contribution in [0.5, 0.6) is 0 Å². The van der Waals surface area contributed by atoms with Crippen LogP contribution >= 0.6 is 0 Å². The van der Waals surface area contributed by atoms with Crippen LogP contribution in [0, 0.1) is 5.82 Å². The number of nitrogens with one attached hydrogen (secondary N) is 2. The molecule has 0 heterocycles. The van der Waals surface area contributed by atoms with Crippen molar-refractivity contribution in [2.24, 2.45) is 0 Å². The molecule has 26 heavy (non-hydrogen) atoms. The second-order valence-corrected chi connectivity index (χ2v) is 7.80. The molecule has 5 nitrogen and oxygen atoms in total. The average molecular weight is 378 g/mol. The van der Waals surface area contributed by atoms with E-state index in [2.05, 4.69) is 10.0 Å². The van der Waals surface area contributed by atoms with Crippen LogP contribution in [0.2, 0.25) is 0 Å². The number of hydrogen-bond acceptors (Lipinski definition) is 3. The smallest absolute Gasteiger partial charge is 0.251 e. The fraction of sp³-hybridized carbons (Fsp3) is 0.316. The second-order valence-electron chi connectivity index (χ2n) is 6.09. The average Bonchev–Trinajstić information content (AvgIpc) is 2.63. The Morgan fingerprint density at radius 2 is 1.69 bits per heavy atom. The molecule has 1 unspecified atom stereocenters. The van der Waals surface area contributed by atoms with Gasteiger partial charge in [-0.15, -0.1) is 0 Å². The van der Waals surface area contributed by atoms with Gasteiger partial charge < -0.3 is 5.32 Å². The van der Waals surface area contributed by atoms with E-state index in [0.29, 0.717) is 24.9 Å². The molecule has 1 amide bonds. The first-order chi connectivity index (χ1) is 12.3. The SMILES string of the molecule is CCC(C)NS(=O)(=O)c1ccc(C(=O)NCCc2ccc(F)cc2)cc1. The predicted octanol–water partition coefficient (Wildman–Crippen LogP) is 2.88. The summed E-state index contributed by atoms with van der Waals surface area (Å²) in [5, 5.41) is 2.76. The van der Waals surface area contributed by atoms with E-state index in [1.807, 2.05) is 6.92 Å². The monoisotopic (exact) mass is 378 g/mol. The van der Waals surface area contributed by atoms with Crippen LogP contribution in [0.15, 0.2) is 53.4 Å². The maximum atomic E-state index is 12.8. The molecule has 1 atom stereocenters. The van der Waals surface area contributed by atoms with Gasteiger partial charge in [0.1, 0.15) is 5.82 Å².